The first-order valence-corrected chi connectivity index (χ1v) is 7.43. The van der Waals surface area contributed by atoms with E-state index < -0.39 is 0 Å². The van der Waals surface area contributed by atoms with E-state index in [0.717, 1.165) is 32.8 Å². The van der Waals surface area contributed by atoms with Crippen LogP contribution in [0.15, 0.2) is 30.3 Å². The van der Waals surface area contributed by atoms with E-state index in [1.165, 1.54) is 18.5 Å². The minimum absolute atomic E-state index is 0.0742. The topological polar surface area (TPSA) is 24.5 Å². The summed E-state index contributed by atoms with van der Waals surface area (Å²) in [4.78, 5) is 2.55. The van der Waals surface area contributed by atoms with Crippen molar-refractivity contribution in [2.45, 2.75) is 25.5 Å². The van der Waals surface area contributed by atoms with Crippen LogP contribution in [0.3, 0.4) is 0 Å². The van der Waals surface area contributed by atoms with Gasteiger partial charge < -0.3 is 10.1 Å². The molecule has 2 fully saturated rings. The van der Waals surface area contributed by atoms with Crippen molar-refractivity contribution in [3.05, 3.63) is 35.9 Å². The SMILES string of the molecule is CCNCC12CN(Cc3ccccc3)CC1CCO2. The lowest BCUT2D eigenvalue weighted by Gasteiger charge is -2.28. The fraction of sp³-hybridized carbons (Fsp3) is 0.625. The van der Waals surface area contributed by atoms with Crippen molar-refractivity contribution in [3.8, 4) is 0 Å². The van der Waals surface area contributed by atoms with Crippen LogP contribution in [0.2, 0.25) is 0 Å². The number of nitrogens with zero attached hydrogens (tertiary/aromatic N) is 1. The standard InChI is InChI=1S/C16H24N2O/c1-2-17-12-16-13-18(11-15(16)8-9-19-16)10-14-6-4-3-5-7-14/h3-7,15,17H,2,8-13H2,1H3. The van der Waals surface area contributed by atoms with E-state index >= 15 is 0 Å². The highest BCUT2D eigenvalue weighted by molar-refractivity contribution is 5.15. The van der Waals surface area contributed by atoms with Gasteiger partial charge in [-0.25, -0.2) is 0 Å². The van der Waals surface area contributed by atoms with E-state index in [1.807, 2.05) is 0 Å². The van der Waals surface area contributed by atoms with Crippen molar-refractivity contribution < 1.29 is 4.74 Å². The van der Waals surface area contributed by atoms with E-state index in [0.29, 0.717) is 5.92 Å². The molecule has 0 bridgehead atoms. The molecule has 0 aromatic heterocycles. The van der Waals surface area contributed by atoms with Crippen LogP contribution in [0.1, 0.15) is 18.9 Å². The number of hydrogen-bond acceptors (Lipinski definition) is 3. The molecule has 1 N–H and O–H groups in total. The Morgan fingerprint density at radius 2 is 2.21 bits per heavy atom. The second-order valence-electron chi connectivity index (χ2n) is 5.83. The molecule has 1 aromatic rings. The minimum atomic E-state index is 0.0742. The molecular weight excluding hydrogens is 236 g/mol. The minimum Gasteiger partial charge on any atom is -0.372 e. The molecule has 0 saturated carbocycles. The lowest BCUT2D eigenvalue weighted by molar-refractivity contribution is -0.00471. The van der Waals surface area contributed by atoms with Gasteiger partial charge in [-0.3, -0.25) is 4.90 Å². The summed E-state index contributed by atoms with van der Waals surface area (Å²) >= 11 is 0. The largest absolute Gasteiger partial charge is 0.372 e. The van der Waals surface area contributed by atoms with Gasteiger partial charge in [0, 0.05) is 38.7 Å². The third-order valence-electron chi connectivity index (χ3n) is 4.49. The fourth-order valence-corrected chi connectivity index (χ4v) is 3.52. The van der Waals surface area contributed by atoms with E-state index in [-0.39, 0.29) is 5.60 Å². The van der Waals surface area contributed by atoms with Gasteiger partial charge in [-0.1, -0.05) is 37.3 Å². The summed E-state index contributed by atoms with van der Waals surface area (Å²) < 4.78 is 6.13. The molecule has 3 heteroatoms. The van der Waals surface area contributed by atoms with Crippen molar-refractivity contribution in [2.24, 2.45) is 5.92 Å². The van der Waals surface area contributed by atoms with Crippen molar-refractivity contribution in [3.63, 3.8) is 0 Å². The molecule has 3 nitrogen and oxygen atoms in total. The van der Waals surface area contributed by atoms with Gasteiger partial charge in [0.05, 0.1) is 5.60 Å². The van der Waals surface area contributed by atoms with E-state index in [2.05, 4.69) is 47.5 Å². The number of likely N-dealkylation sites (N-methyl/N-ethyl adjacent to an activating group) is 1. The van der Waals surface area contributed by atoms with Gasteiger partial charge in [0.1, 0.15) is 0 Å². The third kappa shape index (κ3) is 2.69. The molecule has 2 aliphatic rings. The predicted molar refractivity (Wildman–Crippen MR) is 77.1 cm³/mol. The second-order valence-corrected chi connectivity index (χ2v) is 5.83. The summed E-state index contributed by atoms with van der Waals surface area (Å²) in [5, 5.41) is 3.49. The van der Waals surface area contributed by atoms with Gasteiger partial charge in [0.25, 0.3) is 0 Å². The first kappa shape index (κ1) is 13.1. The number of likely N-dealkylation sites (tertiary alicyclic amines) is 1. The van der Waals surface area contributed by atoms with Crippen molar-refractivity contribution in [2.75, 3.05) is 32.8 Å². The second kappa shape index (κ2) is 5.61. The van der Waals surface area contributed by atoms with Crippen LogP contribution in [-0.4, -0.2) is 43.3 Å². The highest BCUT2D eigenvalue weighted by Gasteiger charge is 2.50. The number of nitrogens with one attached hydrogen (secondary N) is 1. The molecule has 2 saturated heterocycles. The smallest absolute Gasteiger partial charge is 0.0973 e. The molecule has 0 aliphatic carbocycles. The summed E-state index contributed by atoms with van der Waals surface area (Å²) in [6.07, 6.45) is 1.22. The van der Waals surface area contributed by atoms with Crippen LogP contribution < -0.4 is 5.32 Å². The van der Waals surface area contributed by atoms with Crippen LogP contribution in [-0.2, 0) is 11.3 Å². The van der Waals surface area contributed by atoms with Gasteiger partial charge >= 0.3 is 0 Å². The van der Waals surface area contributed by atoms with Crippen LogP contribution in [0.25, 0.3) is 0 Å². The zero-order valence-electron chi connectivity index (χ0n) is 11.8. The molecule has 2 aliphatic heterocycles. The molecule has 1 aromatic carbocycles. The lowest BCUT2D eigenvalue weighted by atomic mass is 9.91. The van der Waals surface area contributed by atoms with Crippen molar-refractivity contribution in [1.29, 1.82) is 0 Å². The number of fused-ring (bicyclic) bond motifs is 1. The Kier molecular flexibility index (Phi) is 3.87. The number of rotatable bonds is 5. The molecule has 2 unspecified atom stereocenters. The Balaban J connectivity index is 1.65. The third-order valence-corrected chi connectivity index (χ3v) is 4.49. The van der Waals surface area contributed by atoms with Gasteiger partial charge in [0.15, 0.2) is 0 Å². The van der Waals surface area contributed by atoms with Crippen molar-refractivity contribution >= 4 is 0 Å². The van der Waals surface area contributed by atoms with E-state index in [9.17, 15) is 0 Å². The Morgan fingerprint density at radius 3 is 3.00 bits per heavy atom. The highest BCUT2D eigenvalue weighted by Crippen LogP contribution is 2.39. The molecule has 2 atom stereocenters. The lowest BCUT2D eigenvalue weighted by Crippen LogP contribution is -2.46. The van der Waals surface area contributed by atoms with Crippen molar-refractivity contribution in [1.82, 2.24) is 10.2 Å². The Morgan fingerprint density at radius 1 is 1.37 bits per heavy atom. The Labute approximate surface area is 115 Å². The maximum absolute atomic E-state index is 6.13. The molecule has 2 heterocycles. The highest BCUT2D eigenvalue weighted by atomic mass is 16.5. The molecule has 104 valence electrons. The van der Waals surface area contributed by atoms with Gasteiger partial charge in [0.2, 0.25) is 0 Å². The summed E-state index contributed by atoms with van der Waals surface area (Å²) in [5.74, 6) is 0.704. The number of ether oxygens (including phenoxy) is 1. The average molecular weight is 260 g/mol. The first-order chi connectivity index (χ1) is 9.32. The molecule has 0 spiro atoms. The van der Waals surface area contributed by atoms with Crippen LogP contribution in [0.4, 0.5) is 0 Å². The number of hydrogen-bond donors (Lipinski definition) is 1. The quantitative estimate of drug-likeness (QED) is 0.875. The summed E-state index contributed by atoms with van der Waals surface area (Å²) in [6.45, 7) is 8.43. The van der Waals surface area contributed by atoms with Crippen LogP contribution in [0, 0.1) is 5.92 Å². The summed E-state index contributed by atoms with van der Waals surface area (Å²) in [7, 11) is 0. The Bertz CT molecular complexity index is 408. The maximum atomic E-state index is 6.13. The average Bonchev–Trinajstić information content (AvgIpc) is 2.94. The van der Waals surface area contributed by atoms with Gasteiger partial charge in [-0.05, 0) is 18.5 Å². The maximum Gasteiger partial charge on any atom is 0.0973 e. The normalized spacial score (nSPS) is 30.7. The fourth-order valence-electron chi connectivity index (χ4n) is 3.52. The molecule has 3 rings (SSSR count). The first-order valence-electron chi connectivity index (χ1n) is 7.43. The zero-order chi connectivity index (χ0) is 13.1. The molecule has 0 amide bonds. The van der Waals surface area contributed by atoms with Gasteiger partial charge in [-0.2, -0.15) is 0 Å². The summed E-state index contributed by atoms with van der Waals surface area (Å²) in [5.41, 5.74) is 1.48. The Hall–Kier alpha value is -0.900. The predicted octanol–water partition coefficient (Wildman–Crippen LogP) is 1.89. The molecular formula is C16H24N2O. The zero-order valence-corrected chi connectivity index (χ0v) is 11.8. The molecule has 19 heavy (non-hydrogen) atoms. The van der Waals surface area contributed by atoms with Gasteiger partial charge in [-0.15, -0.1) is 0 Å². The summed E-state index contributed by atoms with van der Waals surface area (Å²) in [6, 6.07) is 10.8. The van der Waals surface area contributed by atoms with Crippen LogP contribution in [0.5, 0.6) is 0 Å². The van der Waals surface area contributed by atoms with E-state index in [4.69, 9.17) is 4.74 Å². The molecule has 0 radical (unpaired) electrons. The number of benzene rings is 1. The monoisotopic (exact) mass is 260 g/mol. The van der Waals surface area contributed by atoms with E-state index in [1.54, 1.807) is 0 Å². The van der Waals surface area contributed by atoms with Crippen LogP contribution >= 0.6 is 0 Å².